The molecule has 24 heavy (non-hydrogen) atoms. The molecule has 0 fully saturated rings. The minimum atomic E-state index is -0.629. The molecule has 7 nitrogen and oxygen atoms in total. The average Bonchev–Trinajstić information content (AvgIpc) is 2.96. The second-order valence-corrected chi connectivity index (χ2v) is 5.65. The lowest BCUT2D eigenvalue weighted by Crippen LogP contribution is -2.19. The number of nitrogens with two attached hydrogens (primary N) is 1. The van der Waals surface area contributed by atoms with E-state index in [9.17, 15) is 13.5 Å². The van der Waals surface area contributed by atoms with E-state index in [1.165, 1.54) is 0 Å². The van der Waals surface area contributed by atoms with Gasteiger partial charge in [-0.2, -0.15) is 0 Å². The fourth-order valence-electron chi connectivity index (χ4n) is 2.70. The number of aromatic amines is 2. The molecule has 0 aliphatic carbocycles. The first-order valence-corrected chi connectivity index (χ1v) is 7.59. The molecule has 4 aromatic rings. The van der Waals surface area contributed by atoms with Crippen molar-refractivity contribution in [1.29, 1.82) is 0 Å². The van der Waals surface area contributed by atoms with Crippen LogP contribution in [0.1, 0.15) is 0 Å². The molecule has 120 valence electrons. The highest BCUT2D eigenvalue weighted by Gasteiger charge is 2.18. The van der Waals surface area contributed by atoms with Crippen molar-refractivity contribution in [3.8, 4) is 11.3 Å². The number of anilines is 1. The lowest BCUT2D eigenvalue weighted by Gasteiger charge is -2.09. The summed E-state index contributed by atoms with van der Waals surface area (Å²) >= 11 is -0.218. The van der Waals surface area contributed by atoms with Crippen LogP contribution >= 0.6 is 12.3 Å². The number of para-hydroxylation sites is 2. The second kappa shape index (κ2) is 5.24. The zero-order chi connectivity index (χ0) is 16.8. The summed E-state index contributed by atoms with van der Waals surface area (Å²) in [6.45, 7) is 0. The third-order valence-corrected chi connectivity index (χ3v) is 4.31. The third-order valence-electron chi connectivity index (χ3n) is 3.81. The molecule has 0 amide bonds. The maximum absolute atomic E-state index is 13.4. The molecule has 2 aromatic carbocycles. The Balaban J connectivity index is 2.17. The Hall–Kier alpha value is -3.07. The van der Waals surface area contributed by atoms with E-state index >= 15 is 0 Å². The third kappa shape index (κ3) is 1.95. The maximum atomic E-state index is 13.4. The summed E-state index contributed by atoms with van der Waals surface area (Å²) in [5.41, 5.74) is 6.72. The Kier molecular flexibility index (Phi) is 3.17. The average molecular weight is 343 g/mol. The number of benzene rings is 2. The number of hydrogen-bond acceptors (Lipinski definition) is 5. The van der Waals surface area contributed by atoms with Crippen LogP contribution in [0.5, 0.6) is 0 Å². The van der Waals surface area contributed by atoms with E-state index in [0.717, 1.165) is 3.97 Å². The van der Waals surface area contributed by atoms with Gasteiger partial charge in [-0.3, -0.25) is 19.8 Å². The van der Waals surface area contributed by atoms with Crippen molar-refractivity contribution in [3.05, 3.63) is 57.1 Å². The molecular formula is C15H10FN5O2S. The molecule has 4 N–H and O–H groups in total. The van der Waals surface area contributed by atoms with Crippen LogP contribution < -0.4 is 16.9 Å². The highest BCUT2D eigenvalue weighted by atomic mass is 32.2. The van der Waals surface area contributed by atoms with Crippen LogP contribution in [0.15, 0.2) is 46.0 Å². The number of aromatic nitrogens is 4. The predicted octanol–water partition coefficient (Wildman–Crippen LogP) is 2.20. The first kappa shape index (κ1) is 14.5. The Morgan fingerprint density at radius 3 is 2.71 bits per heavy atom. The summed E-state index contributed by atoms with van der Waals surface area (Å²) < 4.78 is 14.3. The summed E-state index contributed by atoms with van der Waals surface area (Å²) in [4.78, 5) is 28.8. The molecular weight excluding hydrogens is 333 g/mol. The van der Waals surface area contributed by atoms with Crippen molar-refractivity contribution >= 4 is 40.0 Å². The molecule has 0 unspecified atom stereocenters. The van der Waals surface area contributed by atoms with E-state index in [1.807, 2.05) is 0 Å². The van der Waals surface area contributed by atoms with Crippen LogP contribution in [0.25, 0.3) is 33.2 Å². The molecule has 2 aromatic heterocycles. The van der Waals surface area contributed by atoms with Gasteiger partial charge in [0.05, 0.1) is 22.1 Å². The van der Waals surface area contributed by atoms with E-state index in [2.05, 4.69) is 15.2 Å². The number of halogens is 1. The Morgan fingerprint density at radius 1 is 1.12 bits per heavy atom. The van der Waals surface area contributed by atoms with Crippen LogP contribution in [-0.4, -0.2) is 19.2 Å². The summed E-state index contributed by atoms with van der Waals surface area (Å²) in [7, 11) is 0. The molecule has 2 heterocycles. The van der Waals surface area contributed by atoms with Gasteiger partial charge < -0.3 is 5.73 Å². The molecule has 0 aliphatic heterocycles. The van der Waals surface area contributed by atoms with Crippen molar-refractivity contribution in [2.24, 2.45) is 0 Å². The summed E-state index contributed by atoms with van der Waals surface area (Å²) in [6.07, 6.45) is 0. The number of fused-ring (bicyclic) bond motifs is 2. The molecule has 0 aliphatic rings. The van der Waals surface area contributed by atoms with E-state index in [4.69, 9.17) is 5.73 Å². The summed E-state index contributed by atoms with van der Waals surface area (Å²) in [5.74, 6) is 0. The standard InChI is InChI=1S/C15H10FN5O2S/c16-24-21-10-6-2-5-9(17)13(10)18-12(15(21)23)7-3-1-4-8-11(7)19-20-14(8)22/h1-6H,17H2,(H2,19,20,22). The first-order valence-electron chi connectivity index (χ1n) is 6.92. The number of nitrogen functional groups attached to an aromatic ring is 1. The Labute approximate surface area is 137 Å². The van der Waals surface area contributed by atoms with E-state index in [0.29, 0.717) is 27.7 Å². The van der Waals surface area contributed by atoms with Gasteiger partial charge in [-0.05, 0) is 18.2 Å². The van der Waals surface area contributed by atoms with Crippen LogP contribution in [0, 0.1) is 0 Å². The van der Waals surface area contributed by atoms with Crippen LogP contribution in [-0.2, 0) is 0 Å². The zero-order valence-corrected chi connectivity index (χ0v) is 12.9. The lowest BCUT2D eigenvalue weighted by molar-refractivity contribution is 0.912. The number of nitrogens with zero attached hydrogens (tertiary/aromatic N) is 2. The van der Waals surface area contributed by atoms with Gasteiger partial charge in [0.1, 0.15) is 11.2 Å². The molecule has 4 rings (SSSR count). The molecule has 0 saturated heterocycles. The van der Waals surface area contributed by atoms with Gasteiger partial charge in [0.2, 0.25) is 0 Å². The predicted molar refractivity (Wildman–Crippen MR) is 92.4 cm³/mol. The molecule has 0 radical (unpaired) electrons. The number of nitrogens with one attached hydrogen (secondary N) is 2. The molecule has 0 atom stereocenters. The normalized spacial score (nSPS) is 11.4. The van der Waals surface area contributed by atoms with Crippen LogP contribution in [0.3, 0.4) is 0 Å². The fourth-order valence-corrected chi connectivity index (χ4v) is 3.07. The quantitative estimate of drug-likeness (QED) is 0.483. The first-order chi connectivity index (χ1) is 11.6. The molecule has 0 spiro atoms. The number of rotatable bonds is 2. The van der Waals surface area contributed by atoms with Crippen molar-refractivity contribution in [2.45, 2.75) is 0 Å². The van der Waals surface area contributed by atoms with E-state index in [1.54, 1.807) is 36.4 Å². The Morgan fingerprint density at radius 2 is 1.92 bits per heavy atom. The van der Waals surface area contributed by atoms with Crippen molar-refractivity contribution in [2.75, 3.05) is 5.73 Å². The Bertz CT molecular complexity index is 1210. The van der Waals surface area contributed by atoms with Crippen LogP contribution in [0.2, 0.25) is 0 Å². The number of H-pyrrole nitrogens is 2. The summed E-state index contributed by atoms with van der Waals surface area (Å²) in [5, 5.41) is 5.57. The topological polar surface area (TPSA) is 110 Å². The van der Waals surface area contributed by atoms with Gasteiger partial charge >= 0.3 is 0 Å². The van der Waals surface area contributed by atoms with Crippen molar-refractivity contribution in [1.82, 2.24) is 19.2 Å². The molecule has 0 saturated carbocycles. The molecule has 9 heteroatoms. The van der Waals surface area contributed by atoms with Gasteiger partial charge in [0.15, 0.2) is 12.3 Å². The monoisotopic (exact) mass is 343 g/mol. The van der Waals surface area contributed by atoms with Crippen molar-refractivity contribution < 1.29 is 3.89 Å². The van der Waals surface area contributed by atoms with E-state index in [-0.39, 0.29) is 29.1 Å². The smallest absolute Gasteiger partial charge is 0.289 e. The molecule has 0 bridgehead atoms. The SMILES string of the molecule is Nc1cccc2c1nc(-c1cccc3c(=O)[nH][nH]c13)c(=O)n2SF. The van der Waals surface area contributed by atoms with Crippen molar-refractivity contribution in [3.63, 3.8) is 0 Å². The zero-order valence-electron chi connectivity index (χ0n) is 12.0. The van der Waals surface area contributed by atoms with Gasteiger partial charge in [-0.25, -0.2) is 8.96 Å². The van der Waals surface area contributed by atoms with Gasteiger partial charge in [-0.15, -0.1) is 3.89 Å². The minimum absolute atomic E-state index is 0.00593. The van der Waals surface area contributed by atoms with E-state index < -0.39 is 5.56 Å². The summed E-state index contributed by atoms with van der Waals surface area (Å²) in [6, 6.07) is 9.69. The maximum Gasteiger partial charge on any atom is 0.289 e. The highest BCUT2D eigenvalue weighted by Crippen LogP contribution is 2.27. The van der Waals surface area contributed by atoms with Gasteiger partial charge in [-0.1, -0.05) is 18.2 Å². The minimum Gasteiger partial charge on any atom is -0.397 e. The fraction of sp³-hybridized carbons (Fsp3) is 0. The van der Waals surface area contributed by atoms with Crippen LogP contribution in [0.4, 0.5) is 9.57 Å². The lowest BCUT2D eigenvalue weighted by atomic mass is 10.1. The van der Waals surface area contributed by atoms with Gasteiger partial charge in [0.25, 0.3) is 11.1 Å². The largest absolute Gasteiger partial charge is 0.397 e. The highest BCUT2D eigenvalue weighted by molar-refractivity contribution is 7.92. The van der Waals surface area contributed by atoms with Gasteiger partial charge in [0, 0.05) is 5.56 Å². The number of hydrogen-bond donors (Lipinski definition) is 3. The second-order valence-electron chi connectivity index (χ2n) is 5.15.